The van der Waals surface area contributed by atoms with Crippen LogP contribution in [0, 0.1) is 23.7 Å². The summed E-state index contributed by atoms with van der Waals surface area (Å²) in [5.74, 6) is 2.45. The SMILES string of the molecule is O=C(N[C@H]1C[C@H]2CN(Cc3ccncc3)C[C@H]2C[C@@H]1OCC1CC1)C1CC=CC1. The van der Waals surface area contributed by atoms with E-state index in [1.807, 2.05) is 12.4 Å². The van der Waals surface area contributed by atoms with Gasteiger partial charge < -0.3 is 10.1 Å². The van der Waals surface area contributed by atoms with Crippen molar-refractivity contribution >= 4 is 5.91 Å². The molecule has 4 atom stereocenters. The Labute approximate surface area is 173 Å². The Hall–Kier alpha value is -1.72. The zero-order chi connectivity index (χ0) is 19.6. The highest BCUT2D eigenvalue weighted by Crippen LogP contribution is 2.39. The predicted octanol–water partition coefficient (Wildman–Crippen LogP) is 3.17. The molecule has 5 nitrogen and oxygen atoms in total. The summed E-state index contributed by atoms with van der Waals surface area (Å²) in [5, 5.41) is 3.40. The number of fused-ring (bicyclic) bond motifs is 1. The number of nitrogens with zero attached hydrogens (tertiary/aromatic N) is 2. The minimum Gasteiger partial charge on any atom is -0.376 e. The molecule has 0 spiro atoms. The van der Waals surface area contributed by atoms with Gasteiger partial charge in [-0.1, -0.05) is 12.2 Å². The first-order valence-corrected chi connectivity index (χ1v) is 11.4. The summed E-state index contributed by atoms with van der Waals surface area (Å²) < 4.78 is 6.39. The first-order valence-electron chi connectivity index (χ1n) is 11.4. The Bertz CT molecular complexity index is 725. The topological polar surface area (TPSA) is 54.5 Å². The molecule has 1 N–H and O–H groups in total. The molecule has 1 aliphatic heterocycles. The lowest BCUT2D eigenvalue weighted by molar-refractivity contribution is -0.127. The Balaban J connectivity index is 1.22. The molecule has 5 rings (SSSR count). The van der Waals surface area contributed by atoms with Crippen molar-refractivity contribution < 1.29 is 9.53 Å². The zero-order valence-corrected chi connectivity index (χ0v) is 17.2. The van der Waals surface area contributed by atoms with Crippen LogP contribution in [0.4, 0.5) is 0 Å². The van der Waals surface area contributed by atoms with Crippen LogP contribution in [0.3, 0.4) is 0 Å². The Morgan fingerprint density at radius 1 is 1.10 bits per heavy atom. The molecule has 1 aromatic rings. The lowest BCUT2D eigenvalue weighted by atomic mass is 9.77. The van der Waals surface area contributed by atoms with Gasteiger partial charge in [0.15, 0.2) is 0 Å². The molecule has 3 fully saturated rings. The van der Waals surface area contributed by atoms with E-state index in [1.54, 1.807) is 0 Å². The lowest BCUT2D eigenvalue weighted by Crippen LogP contribution is -2.51. The Kier molecular flexibility index (Phi) is 5.69. The maximum atomic E-state index is 12.8. The average Bonchev–Trinajstić information content (AvgIpc) is 3.23. The van der Waals surface area contributed by atoms with E-state index in [1.165, 1.54) is 18.4 Å². The van der Waals surface area contributed by atoms with Crippen LogP contribution in [0.25, 0.3) is 0 Å². The second-order valence-corrected chi connectivity index (χ2v) is 9.61. The largest absolute Gasteiger partial charge is 0.376 e. The zero-order valence-electron chi connectivity index (χ0n) is 17.2. The first-order chi connectivity index (χ1) is 14.2. The fourth-order valence-electron chi connectivity index (χ4n) is 5.40. The van der Waals surface area contributed by atoms with Gasteiger partial charge in [-0.25, -0.2) is 0 Å². The highest BCUT2D eigenvalue weighted by atomic mass is 16.5. The van der Waals surface area contributed by atoms with E-state index >= 15 is 0 Å². The number of allylic oxidation sites excluding steroid dienone is 2. The number of rotatable bonds is 7. The van der Waals surface area contributed by atoms with Crippen molar-refractivity contribution in [3.05, 3.63) is 42.2 Å². The first kappa shape index (κ1) is 19.3. The lowest BCUT2D eigenvalue weighted by Gasteiger charge is -2.38. The van der Waals surface area contributed by atoms with Gasteiger partial charge in [0.2, 0.25) is 5.91 Å². The number of hydrogen-bond donors (Lipinski definition) is 1. The van der Waals surface area contributed by atoms with Crippen LogP contribution in [-0.4, -0.2) is 47.6 Å². The number of carbonyl (C=O) groups is 1. The van der Waals surface area contributed by atoms with Gasteiger partial charge in [0.05, 0.1) is 12.1 Å². The maximum Gasteiger partial charge on any atom is 0.224 e. The molecule has 1 amide bonds. The number of amides is 1. The van der Waals surface area contributed by atoms with Crippen LogP contribution >= 0.6 is 0 Å². The molecule has 0 unspecified atom stereocenters. The van der Waals surface area contributed by atoms with Gasteiger partial charge in [-0.15, -0.1) is 0 Å². The molecule has 5 heteroatoms. The van der Waals surface area contributed by atoms with Crippen LogP contribution < -0.4 is 5.32 Å². The van der Waals surface area contributed by atoms with Crippen LogP contribution in [0.5, 0.6) is 0 Å². The summed E-state index contributed by atoms with van der Waals surface area (Å²) in [5.41, 5.74) is 1.33. The average molecular weight is 396 g/mol. The van der Waals surface area contributed by atoms with Gasteiger partial charge in [0, 0.05) is 44.6 Å². The van der Waals surface area contributed by atoms with Gasteiger partial charge in [-0.05, 0) is 74.0 Å². The van der Waals surface area contributed by atoms with Gasteiger partial charge in [-0.2, -0.15) is 0 Å². The minimum absolute atomic E-state index is 0.128. The van der Waals surface area contributed by atoms with E-state index in [0.29, 0.717) is 11.8 Å². The van der Waals surface area contributed by atoms with Crippen LogP contribution in [0.2, 0.25) is 0 Å². The molecule has 3 aliphatic carbocycles. The number of ether oxygens (including phenoxy) is 1. The van der Waals surface area contributed by atoms with Crippen LogP contribution in [0.15, 0.2) is 36.7 Å². The predicted molar refractivity (Wildman–Crippen MR) is 112 cm³/mol. The van der Waals surface area contributed by atoms with Crippen molar-refractivity contribution in [2.45, 2.75) is 57.2 Å². The molecule has 2 heterocycles. The summed E-state index contributed by atoms with van der Waals surface area (Å²) in [6.45, 7) is 4.14. The maximum absolute atomic E-state index is 12.8. The Morgan fingerprint density at radius 3 is 2.55 bits per heavy atom. The van der Waals surface area contributed by atoms with Crippen molar-refractivity contribution in [2.24, 2.45) is 23.7 Å². The van der Waals surface area contributed by atoms with Gasteiger partial charge >= 0.3 is 0 Å². The summed E-state index contributed by atoms with van der Waals surface area (Å²) in [7, 11) is 0. The minimum atomic E-state index is 0.128. The smallest absolute Gasteiger partial charge is 0.224 e. The van der Waals surface area contributed by atoms with Gasteiger partial charge in [0.25, 0.3) is 0 Å². The quantitative estimate of drug-likeness (QED) is 0.721. The van der Waals surface area contributed by atoms with Crippen molar-refractivity contribution in [1.29, 1.82) is 0 Å². The number of likely N-dealkylation sites (tertiary alicyclic amines) is 1. The Morgan fingerprint density at radius 2 is 1.83 bits per heavy atom. The fourth-order valence-corrected chi connectivity index (χ4v) is 5.40. The third kappa shape index (κ3) is 4.72. The second-order valence-electron chi connectivity index (χ2n) is 9.61. The molecule has 29 heavy (non-hydrogen) atoms. The van der Waals surface area contributed by atoms with Gasteiger partial charge in [-0.3, -0.25) is 14.7 Å². The van der Waals surface area contributed by atoms with Crippen molar-refractivity contribution in [3.8, 4) is 0 Å². The van der Waals surface area contributed by atoms with Gasteiger partial charge in [0.1, 0.15) is 0 Å². The van der Waals surface area contributed by atoms with Crippen LogP contribution in [-0.2, 0) is 16.1 Å². The fraction of sp³-hybridized carbons (Fsp3) is 0.667. The standard InChI is InChI=1S/C24H33N3O2/c28-24(19-3-1-2-4-19)26-22-11-20-14-27(13-17-7-9-25-10-8-17)15-21(20)12-23(22)29-16-18-5-6-18/h1-2,7-10,18-23H,3-6,11-16H2,(H,26,28)/t20-,21+,22-,23-/m0/s1. The summed E-state index contributed by atoms with van der Waals surface area (Å²) in [6, 6.07) is 4.40. The summed E-state index contributed by atoms with van der Waals surface area (Å²) in [4.78, 5) is 19.5. The highest BCUT2D eigenvalue weighted by Gasteiger charge is 2.44. The highest BCUT2D eigenvalue weighted by molar-refractivity contribution is 5.79. The molecule has 0 radical (unpaired) electrons. The number of hydrogen-bond acceptors (Lipinski definition) is 4. The number of nitrogens with one attached hydrogen (secondary N) is 1. The monoisotopic (exact) mass is 395 g/mol. The van der Waals surface area contributed by atoms with E-state index in [4.69, 9.17) is 4.74 Å². The van der Waals surface area contributed by atoms with E-state index in [9.17, 15) is 4.79 Å². The number of aromatic nitrogens is 1. The molecular formula is C24H33N3O2. The van der Waals surface area contributed by atoms with Crippen LogP contribution in [0.1, 0.15) is 44.1 Å². The molecular weight excluding hydrogens is 362 g/mol. The molecule has 1 saturated heterocycles. The molecule has 0 bridgehead atoms. The molecule has 2 saturated carbocycles. The van der Waals surface area contributed by atoms with E-state index in [-0.39, 0.29) is 24.0 Å². The normalized spacial score (nSPS) is 32.4. The third-order valence-corrected chi connectivity index (χ3v) is 7.30. The number of pyridine rings is 1. The molecule has 4 aliphatic rings. The third-order valence-electron chi connectivity index (χ3n) is 7.30. The van der Waals surface area contributed by atoms with E-state index in [0.717, 1.165) is 57.8 Å². The van der Waals surface area contributed by atoms with Crippen molar-refractivity contribution in [3.63, 3.8) is 0 Å². The van der Waals surface area contributed by atoms with E-state index in [2.05, 4.69) is 39.5 Å². The number of carbonyl (C=O) groups excluding carboxylic acids is 1. The molecule has 0 aromatic carbocycles. The van der Waals surface area contributed by atoms with Crippen molar-refractivity contribution in [2.75, 3.05) is 19.7 Å². The second kappa shape index (κ2) is 8.57. The summed E-state index contributed by atoms with van der Waals surface area (Å²) >= 11 is 0. The molecule has 1 aromatic heterocycles. The van der Waals surface area contributed by atoms with E-state index < -0.39 is 0 Å². The van der Waals surface area contributed by atoms with Crippen molar-refractivity contribution in [1.82, 2.24) is 15.2 Å². The summed E-state index contributed by atoms with van der Waals surface area (Å²) in [6.07, 6.45) is 14.7. The molecule has 156 valence electrons.